The third kappa shape index (κ3) is 3.05. The summed E-state index contributed by atoms with van der Waals surface area (Å²) >= 11 is 0. The van der Waals surface area contributed by atoms with Gasteiger partial charge in [0.1, 0.15) is 17.6 Å². The van der Waals surface area contributed by atoms with Gasteiger partial charge >= 0.3 is 0 Å². The maximum Gasteiger partial charge on any atom is 0.145 e. The summed E-state index contributed by atoms with van der Waals surface area (Å²) in [5.74, 6) is 1.14. The molecule has 0 heterocycles. The van der Waals surface area contributed by atoms with Crippen LogP contribution in [0.1, 0.15) is 11.1 Å². The van der Waals surface area contributed by atoms with Crippen LogP contribution in [0.15, 0.2) is 72.8 Å². The molecule has 3 aromatic rings. The third-order valence-corrected chi connectivity index (χ3v) is 3.43. The van der Waals surface area contributed by atoms with Crippen LogP contribution in [0, 0.1) is 22.7 Å². The molecule has 0 N–H and O–H groups in total. The molecule has 0 aliphatic carbocycles. The van der Waals surface area contributed by atoms with Gasteiger partial charge in [0.25, 0.3) is 0 Å². The highest BCUT2D eigenvalue weighted by Crippen LogP contribution is 2.31. The molecule has 3 rings (SSSR count). The molecule has 0 bridgehead atoms. The number of hydrogen-bond acceptors (Lipinski definition) is 3. The van der Waals surface area contributed by atoms with Crippen molar-refractivity contribution >= 4 is 0 Å². The molecule has 3 nitrogen and oxygen atoms in total. The van der Waals surface area contributed by atoms with Gasteiger partial charge in [0.15, 0.2) is 0 Å². The lowest BCUT2D eigenvalue weighted by atomic mass is 9.99. The van der Waals surface area contributed by atoms with Crippen molar-refractivity contribution in [3.8, 4) is 34.8 Å². The van der Waals surface area contributed by atoms with E-state index in [0.29, 0.717) is 22.6 Å². The molecule has 3 heteroatoms. The molecule has 23 heavy (non-hydrogen) atoms. The van der Waals surface area contributed by atoms with Gasteiger partial charge in [-0.1, -0.05) is 42.5 Å². The van der Waals surface area contributed by atoms with Gasteiger partial charge in [-0.3, -0.25) is 0 Å². The first-order valence-electron chi connectivity index (χ1n) is 7.08. The molecule has 0 aliphatic rings. The van der Waals surface area contributed by atoms with Crippen LogP contribution in [0.5, 0.6) is 11.5 Å². The second kappa shape index (κ2) is 6.47. The lowest BCUT2D eigenvalue weighted by Gasteiger charge is -2.10. The van der Waals surface area contributed by atoms with Crippen LogP contribution in [-0.2, 0) is 0 Å². The maximum atomic E-state index is 9.28. The van der Waals surface area contributed by atoms with E-state index in [1.807, 2.05) is 54.6 Å². The number of hydrogen-bond donors (Lipinski definition) is 0. The summed E-state index contributed by atoms with van der Waals surface area (Å²) < 4.78 is 5.83. The first-order chi connectivity index (χ1) is 11.3. The zero-order valence-corrected chi connectivity index (χ0v) is 12.2. The van der Waals surface area contributed by atoms with E-state index in [4.69, 9.17) is 4.74 Å². The SMILES string of the molecule is N#Cc1ccc(-c2ccccc2C#N)cc1Oc1ccccc1. The van der Waals surface area contributed by atoms with Gasteiger partial charge in [-0.25, -0.2) is 0 Å². The molecular weight excluding hydrogens is 284 g/mol. The highest BCUT2D eigenvalue weighted by atomic mass is 16.5. The Bertz CT molecular complexity index is 918. The predicted octanol–water partition coefficient (Wildman–Crippen LogP) is 4.89. The van der Waals surface area contributed by atoms with Gasteiger partial charge in [-0.05, 0) is 41.5 Å². The first-order valence-corrected chi connectivity index (χ1v) is 7.08. The van der Waals surface area contributed by atoms with Crippen LogP contribution in [0.25, 0.3) is 11.1 Å². The van der Waals surface area contributed by atoms with Gasteiger partial charge in [0, 0.05) is 0 Å². The highest BCUT2D eigenvalue weighted by molar-refractivity contribution is 5.73. The van der Waals surface area contributed by atoms with E-state index >= 15 is 0 Å². The van der Waals surface area contributed by atoms with Crippen molar-refractivity contribution in [2.45, 2.75) is 0 Å². The molecule has 0 saturated carbocycles. The van der Waals surface area contributed by atoms with Crippen molar-refractivity contribution in [1.82, 2.24) is 0 Å². The fourth-order valence-electron chi connectivity index (χ4n) is 2.31. The molecule has 0 aromatic heterocycles. The Balaban J connectivity index is 2.07. The Morgan fingerprint density at radius 2 is 1.39 bits per heavy atom. The van der Waals surface area contributed by atoms with Crippen molar-refractivity contribution in [1.29, 1.82) is 10.5 Å². The predicted molar refractivity (Wildman–Crippen MR) is 87.8 cm³/mol. The summed E-state index contributed by atoms with van der Waals surface area (Å²) in [5.41, 5.74) is 2.69. The monoisotopic (exact) mass is 296 g/mol. The molecule has 0 saturated heterocycles. The molecule has 3 aromatic carbocycles. The van der Waals surface area contributed by atoms with Crippen LogP contribution < -0.4 is 4.74 Å². The van der Waals surface area contributed by atoms with E-state index in [-0.39, 0.29) is 0 Å². The van der Waals surface area contributed by atoms with Crippen LogP contribution in [-0.4, -0.2) is 0 Å². The van der Waals surface area contributed by atoms with Crippen LogP contribution in [0.2, 0.25) is 0 Å². The van der Waals surface area contributed by atoms with Crippen molar-refractivity contribution in [3.05, 3.63) is 83.9 Å². The van der Waals surface area contributed by atoms with E-state index in [1.54, 1.807) is 18.2 Å². The summed E-state index contributed by atoms with van der Waals surface area (Å²) in [6.07, 6.45) is 0. The average molecular weight is 296 g/mol. The van der Waals surface area contributed by atoms with Gasteiger partial charge in [-0.2, -0.15) is 10.5 Å². The molecule has 0 amide bonds. The van der Waals surface area contributed by atoms with Crippen molar-refractivity contribution in [3.63, 3.8) is 0 Å². The number of nitrogens with zero attached hydrogens (tertiary/aromatic N) is 2. The Kier molecular flexibility index (Phi) is 4.05. The summed E-state index contributed by atoms with van der Waals surface area (Å²) in [7, 11) is 0. The van der Waals surface area contributed by atoms with E-state index in [9.17, 15) is 10.5 Å². The van der Waals surface area contributed by atoms with Crippen LogP contribution in [0.4, 0.5) is 0 Å². The number of para-hydroxylation sites is 1. The minimum absolute atomic E-state index is 0.451. The third-order valence-electron chi connectivity index (χ3n) is 3.43. The summed E-state index contributed by atoms with van der Waals surface area (Å²) in [6, 6.07) is 26.3. The summed E-state index contributed by atoms with van der Waals surface area (Å²) in [5, 5.41) is 18.5. The summed E-state index contributed by atoms with van der Waals surface area (Å²) in [6.45, 7) is 0. The Morgan fingerprint density at radius 1 is 0.696 bits per heavy atom. The second-order valence-electron chi connectivity index (χ2n) is 4.90. The molecule has 0 atom stereocenters. The van der Waals surface area contributed by atoms with Gasteiger partial charge in [-0.15, -0.1) is 0 Å². The maximum absolute atomic E-state index is 9.28. The lowest BCUT2D eigenvalue weighted by molar-refractivity contribution is 0.481. The smallest absolute Gasteiger partial charge is 0.145 e. The molecule has 0 unspecified atom stereocenters. The van der Waals surface area contributed by atoms with Gasteiger partial charge in [0.2, 0.25) is 0 Å². The van der Waals surface area contributed by atoms with Gasteiger partial charge < -0.3 is 4.74 Å². The van der Waals surface area contributed by atoms with Crippen molar-refractivity contribution < 1.29 is 4.74 Å². The number of benzene rings is 3. The fourth-order valence-corrected chi connectivity index (χ4v) is 2.31. The minimum Gasteiger partial charge on any atom is -0.456 e. The quantitative estimate of drug-likeness (QED) is 0.691. The Hall–Kier alpha value is -3.56. The molecule has 0 fully saturated rings. The van der Waals surface area contributed by atoms with Gasteiger partial charge in [0.05, 0.1) is 17.2 Å². The van der Waals surface area contributed by atoms with Crippen LogP contribution >= 0.6 is 0 Å². The summed E-state index contributed by atoms with van der Waals surface area (Å²) in [4.78, 5) is 0. The van der Waals surface area contributed by atoms with Crippen molar-refractivity contribution in [2.75, 3.05) is 0 Å². The molecule has 0 radical (unpaired) electrons. The zero-order chi connectivity index (χ0) is 16.1. The number of nitriles is 2. The molecule has 0 aliphatic heterocycles. The van der Waals surface area contributed by atoms with Crippen molar-refractivity contribution in [2.24, 2.45) is 0 Å². The number of ether oxygens (including phenoxy) is 1. The van der Waals surface area contributed by atoms with E-state index < -0.39 is 0 Å². The van der Waals surface area contributed by atoms with E-state index in [2.05, 4.69) is 12.1 Å². The minimum atomic E-state index is 0.451. The fraction of sp³-hybridized carbons (Fsp3) is 0. The number of rotatable bonds is 3. The largest absolute Gasteiger partial charge is 0.456 e. The highest BCUT2D eigenvalue weighted by Gasteiger charge is 2.10. The molecular formula is C20H12N2O. The molecule has 108 valence electrons. The second-order valence-corrected chi connectivity index (χ2v) is 4.90. The average Bonchev–Trinajstić information content (AvgIpc) is 2.62. The van der Waals surface area contributed by atoms with E-state index in [0.717, 1.165) is 11.1 Å². The Labute approximate surface area is 134 Å². The molecule has 0 spiro atoms. The normalized spacial score (nSPS) is 9.65. The van der Waals surface area contributed by atoms with Crippen LogP contribution in [0.3, 0.4) is 0 Å². The zero-order valence-electron chi connectivity index (χ0n) is 12.2. The topological polar surface area (TPSA) is 56.8 Å². The van der Waals surface area contributed by atoms with E-state index in [1.165, 1.54) is 0 Å². The Morgan fingerprint density at radius 3 is 2.13 bits per heavy atom. The lowest BCUT2D eigenvalue weighted by Crippen LogP contribution is -1.90. The standard InChI is InChI=1S/C20H12N2O/c21-13-16-6-4-5-9-19(16)15-10-11-17(14-22)20(12-15)23-18-7-2-1-3-8-18/h1-12H. The first kappa shape index (κ1) is 14.4.